The minimum absolute atomic E-state index is 0.116. The molecule has 144 valence electrons. The third kappa shape index (κ3) is 2.57. The summed E-state index contributed by atoms with van der Waals surface area (Å²) in [6.07, 6.45) is 2.67. The van der Waals surface area contributed by atoms with E-state index in [1.54, 1.807) is 29.3 Å². The molecule has 7 heteroatoms. The molecule has 0 atom stereocenters. The van der Waals surface area contributed by atoms with Crippen molar-refractivity contribution in [1.82, 2.24) is 14.8 Å². The fourth-order valence-electron chi connectivity index (χ4n) is 4.79. The van der Waals surface area contributed by atoms with Crippen LogP contribution in [0.2, 0.25) is 0 Å². The molecule has 1 N–H and O–H groups in total. The van der Waals surface area contributed by atoms with E-state index < -0.39 is 0 Å². The predicted octanol–water partition coefficient (Wildman–Crippen LogP) is 2.85. The van der Waals surface area contributed by atoms with E-state index in [1.165, 1.54) is 0 Å². The number of benzene rings is 1. The van der Waals surface area contributed by atoms with Gasteiger partial charge in [0.2, 0.25) is 0 Å². The summed E-state index contributed by atoms with van der Waals surface area (Å²) in [5.41, 5.74) is 2.82. The number of aromatic nitrogens is 1. The smallest absolute Gasteiger partial charge is 0.323 e. The molecule has 1 aromatic carbocycles. The number of amides is 3. The van der Waals surface area contributed by atoms with E-state index in [2.05, 4.69) is 22.2 Å². The zero-order valence-electron chi connectivity index (χ0n) is 16.1. The Morgan fingerprint density at radius 2 is 2.04 bits per heavy atom. The maximum absolute atomic E-state index is 13.7. The molecule has 5 rings (SSSR count). The molecule has 2 aromatic rings. The van der Waals surface area contributed by atoms with Crippen molar-refractivity contribution in [1.29, 1.82) is 0 Å². The van der Waals surface area contributed by atoms with Crippen molar-refractivity contribution in [2.45, 2.75) is 13.3 Å². The number of hydrogen-bond donors (Lipinski definition) is 1. The van der Waals surface area contributed by atoms with Gasteiger partial charge in [0.15, 0.2) is 5.82 Å². The monoisotopic (exact) mass is 377 g/mol. The van der Waals surface area contributed by atoms with Crippen LogP contribution in [0.4, 0.5) is 22.0 Å². The zero-order valence-corrected chi connectivity index (χ0v) is 16.1. The van der Waals surface area contributed by atoms with E-state index in [-0.39, 0.29) is 17.4 Å². The van der Waals surface area contributed by atoms with Gasteiger partial charge in [0.1, 0.15) is 0 Å². The fourth-order valence-corrected chi connectivity index (χ4v) is 4.79. The molecule has 0 radical (unpaired) electrons. The number of nitrogens with zero attached hydrogens (tertiary/aromatic N) is 4. The van der Waals surface area contributed by atoms with E-state index >= 15 is 0 Å². The number of nitrogens with one attached hydrogen (secondary N) is 1. The average Bonchev–Trinajstić information content (AvgIpc) is 3.03. The lowest BCUT2D eigenvalue weighted by Gasteiger charge is -2.46. The Balaban J connectivity index is 1.58. The zero-order chi connectivity index (χ0) is 19.5. The molecule has 3 amide bonds. The summed E-state index contributed by atoms with van der Waals surface area (Å²) in [5.74, 6) is 0.245. The summed E-state index contributed by atoms with van der Waals surface area (Å²) >= 11 is 0. The summed E-state index contributed by atoms with van der Waals surface area (Å²) in [6, 6.07) is 8.98. The molecule has 3 aliphatic heterocycles. The number of hydrogen-bond acceptors (Lipinski definition) is 4. The van der Waals surface area contributed by atoms with Crippen LogP contribution in [0.1, 0.15) is 22.3 Å². The third-order valence-corrected chi connectivity index (χ3v) is 6.00. The van der Waals surface area contributed by atoms with Crippen LogP contribution in [0.3, 0.4) is 0 Å². The minimum Gasteiger partial charge on any atom is -0.323 e. The second-order valence-electron chi connectivity index (χ2n) is 8.31. The first-order valence-corrected chi connectivity index (χ1v) is 9.60. The highest BCUT2D eigenvalue weighted by molar-refractivity contribution is 6.16. The van der Waals surface area contributed by atoms with Crippen molar-refractivity contribution >= 4 is 29.1 Å². The highest BCUT2D eigenvalue weighted by atomic mass is 16.2. The molecule has 4 heterocycles. The standard InChI is InChI=1S/C21H23N5O2/c1-14-5-6-15-17(10-14)26(18-16(23-19(15)27)4-3-8-22-18)20(28)25-9-7-21(13-25)11-24(2)12-21/h3-6,8,10H,7,9,11-13H2,1-2H3,(H,23,27). The van der Waals surface area contributed by atoms with Crippen molar-refractivity contribution in [2.24, 2.45) is 5.41 Å². The first kappa shape index (κ1) is 17.2. The molecule has 0 saturated carbocycles. The van der Waals surface area contributed by atoms with E-state index in [1.807, 2.05) is 24.0 Å². The highest BCUT2D eigenvalue weighted by Gasteiger charge is 2.48. The summed E-state index contributed by atoms with van der Waals surface area (Å²) in [7, 11) is 2.11. The number of aryl methyl sites for hydroxylation is 1. The molecule has 7 nitrogen and oxygen atoms in total. The molecule has 1 aromatic heterocycles. The Labute approximate surface area is 163 Å². The summed E-state index contributed by atoms with van der Waals surface area (Å²) < 4.78 is 0. The molecule has 1 spiro atoms. The van der Waals surface area contributed by atoms with Gasteiger partial charge in [-0.25, -0.2) is 14.7 Å². The van der Waals surface area contributed by atoms with Crippen LogP contribution in [0.5, 0.6) is 0 Å². The van der Waals surface area contributed by atoms with Crippen LogP contribution in [-0.2, 0) is 0 Å². The first-order chi connectivity index (χ1) is 13.5. The molecule has 2 saturated heterocycles. The van der Waals surface area contributed by atoms with Crippen LogP contribution >= 0.6 is 0 Å². The van der Waals surface area contributed by atoms with Crippen LogP contribution in [-0.4, -0.2) is 59.9 Å². The van der Waals surface area contributed by atoms with Gasteiger partial charge >= 0.3 is 6.03 Å². The van der Waals surface area contributed by atoms with Gasteiger partial charge in [0, 0.05) is 37.8 Å². The van der Waals surface area contributed by atoms with Crippen LogP contribution in [0, 0.1) is 12.3 Å². The number of anilines is 3. The van der Waals surface area contributed by atoms with Gasteiger partial charge in [0.25, 0.3) is 5.91 Å². The van der Waals surface area contributed by atoms with Gasteiger partial charge in [-0.3, -0.25) is 4.79 Å². The number of rotatable bonds is 0. The van der Waals surface area contributed by atoms with E-state index in [9.17, 15) is 9.59 Å². The lowest BCUT2D eigenvalue weighted by Crippen LogP contribution is -2.56. The predicted molar refractivity (Wildman–Crippen MR) is 107 cm³/mol. The van der Waals surface area contributed by atoms with Crippen LogP contribution < -0.4 is 10.2 Å². The van der Waals surface area contributed by atoms with Gasteiger partial charge in [-0.2, -0.15) is 0 Å². The van der Waals surface area contributed by atoms with Gasteiger partial charge in [-0.15, -0.1) is 0 Å². The summed E-state index contributed by atoms with van der Waals surface area (Å²) in [4.78, 5) is 36.7. The second-order valence-corrected chi connectivity index (χ2v) is 8.31. The Morgan fingerprint density at radius 1 is 1.21 bits per heavy atom. The maximum atomic E-state index is 13.7. The molecule has 0 aliphatic carbocycles. The number of fused-ring (bicyclic) bond motifs is 2. The third-order valence-electron chi connectivity index (χ3n) is 6.00. The number of likely N-dealkylation sites (tertiary alicyclic amines) is 2. The van der Waals surface area contributed by atoms with Crippen molar-refractivity contribution in [2.75, 3.05) is 43.4 Å². The Bertz CT molecular complexity index is 983. The minimum atomic E-state index is -0.224. The molecule has 0 unspecified atom stereocenters. The first-order valence-electron chi connectivity index (χ1n) is 9.60. The SMILES string of the molecule is Cc1ccc2c(c1)N(C(=O)N1CCC3(CN(C)C3)C1)c1ncccc1NC2=O. The number of carbonyl (C=O) groups is 2. The van der Waals surface area contributed by atoms with Crippen molar-refractivity contribution in [3.05, 3.63) is 47.7 Å². The number of pyridine rings is 1. The molecule has 2 fully saturated rings. The summed E-state index contributed by atoms with van der Waals surface area (Å²) in [6.45, 7) is 5.49. The van der Waals surface area contributed by atoms with Gasteiger partial charge < -0.3 is 15.1 Å². The largest absolute Gasteiger partial charge is 0.330 e. The maximum Gasteiger partial charge on any atom is 0.330 e. The molecular weight excluding hydrogens is 354 g/mol. The molecule has 28 heavy (non-hydrogen) atoms. The lowest BCUT2D eigenvalue weighted by atomic mass is 9.79. The van der Waals surface area contributed by atoms with Gasteiger partial charge in [0.05, 0.1) is 16.9 Å². The molecule has 3 aliphatic rings. The van der Waals surface area contributed by atoms with E-state index in [0.29, 0.717) is 22.8 Å². The molecular formula is C21H23N5O2. The van der Waals surface area contributed by atoms with Crippen molar-refractivity contribution in [3.8, 4) is 0 Å². The summed E-state index contributed by atoms with van der Waals surface area (Å²) in [5, 5.41) is 2.90. The van der Waals surface area contributed by atoms with Crippen molar-refractivity contribution in [3.63, 3.8) is 0 Å². The van der Waals surface area contributed by atoms with Gasteiger partial charge in [-0.05, 0) is 50.2 Å². The van der Waals surface area contributed by atoms with E-state index in [0.717, 1.165) is 38.2 Å². The topological polar surface area (TPSA) is 68.8 Å². The van der Waals surface area contributed by atoms with Gasteiger partial charge in [-0.1, -0.05) is 6.07 Å². The Morgan fingerprint density at radius 3 is 2.82 bits per heavy atom. The number of urea groups is 1. The highest BCUT2D eigenvalue weighted by Crippen LogP contribution is 2.42. The Hall–Kier alpha value is -2.93. The normalized spacial score (nSPS) is 20.3. The quantitative estimate of drug-likeness (QED) is 0.767. The Kier molecular flexibility index (Phi) is 3.71. The number of carbonyl (C=O) groups excluding carboxylic acids is 2. The van der Waals surface area contributed by atoms with E-state index in [4.69, 9.17) is 0 Å². The van der Waals surface area contributed by atoms with Crippen LogP contribution in [0.15, 0.2) is 36.5 Å². The van der Waals surface area contributed by atoms with Crippen LogP contribution in [0.25, 0.3) is 0 Å². The second kappa shape index (κ2) is 6.04. The molecule has 0 bridgehead atoms. The fraction of sp³-hybridized carbons (Fsp3) is 0.381. The lowest BCUT2D eigenvalue weighted by molar-refractivity contribution is 0.0339. The van der Waals surface area contributed by atoms with Crippen molar-refractivity contribution < 1.29 is 9.59 Å². The average molecular weight is 377 g/mol.